The highest BCUT2D eigenvalue weighted by Gasteiger charge is 2.37. The second-order valence-corrected chi connectivity index (χ2v) is 2.59. The first-order chi connectivity index (χ1) is 4.29. The van der Waals surface area contributed by atoms with Crippen LogP contribution in [-0.2, 0) is 4.74 Å². The molecule has 0 N–H and O–H groups in total. The van der Waals surface area contributed by atoms with Crippen LogP contribution in [0.2, 0.25) is 0 Å². The summed E-state index contributed by atoms with van der Waals surface area (Å²) in [4.78, 5) is 4.01. The van der Waals surface area contributed by atoms with Gasteiger partial charge in [-0.15, -0.1) is 0 Å². The third-order valence-electron chi connectivity index (χ3n) is 1.86. The predicted octanol–water partition coefficient (Wildman–Crippen LogP) is 1.32. The van der Waals surface area contributed by atoms with Crippen molar-refractivity contribution in [1.82, 2.24) is 0 Å². The molecule has 0 saturated heterocycles. The standard InChI is InChI=1S/C7H13NO/c1-5-4-6(5)7(8-2)9-3/h5-6H,4H2,1-3H3/t5-,6?/m1/s1. The Balaban J connectivity index is 2.41. The molecule has 2 heteroatoms. The Labute approximate surface area is 55.9 Å². The second kappa shape index (κ2) is 2.38. The van der Waals surface area contributed by atoms with Gasteiger partial charge in [0.25, 0.3) is 0 Å². The highest BCUT2D eigenvalue weighted by molar-refractivity contribution is 5.81. The SMILES string of the molecule is CN=C(OC)C1C[C@H]1C. The average Bonchev–Trinajstić information content (AvgIpc) is 2.51. The molecule has 1 aliphatic carbocycles. The van der Waals surface area contributed by atoms with Crippen LogP contribution in [0.1, 0.15) is 13.3 Å². The van der Waals surface area contributed by atoms with Crippen LogP contribution < -0.4 is 0 Å². The molecule has 0 aliphatic heterocycles. The lowest BCUT2D eigenvalue weighted by Crippen LogP contribution is -2.04. The van der Waals surface area contributed by atoms with Gasteiger partial charge in [-0.05, 0) is 12.3 Å². The highest BCUT2D eigenvalue weighted by atomic mass is 16.5. The molecule has 2 nitrogen and oxygen atoms in total. The van der Waals surface area contributed by atoms with Crippen LogP contribution in [0.25, 0.3) is 0 Å². The summed E-state index contributed by atoms with van der Waals surface area (Å²) in [5.74, 6) is 2.34. The zero-order valence-corrected chi connectivity index (χ0v) is 6.22. The summed E-state index contributed by atoms with van der Waals surface area (Å²) in [6, 6.07) is 0. The van der Waals surface area contributed by atoms with E-state index in [1.807, 2.05) is 0 Å². The van der Waals surface area contributed by atoms with Crippen molar-refractivity contribution >= 4 is 5.90 Å². The maximum absolute atomic E-state index is 5.04. The van der Waals surface area contributed by atoms with Crippen molar-refractivity contribution in [3.05, 3.63) is 0 Å². The van der Waals surface area contributed by atoms with Gasteiger partial charge in [0.15, 0.2) is 5.90 Å². The number of aliphatic imine (C=N–C) groups is 1. The molecule has 0 heterocycles. The minimum Gasteiger partial charge on any atom is -0.484 e. The molecule has 0 radical (unpaired) electrons. The molecule has 0 bridgehead atoms. The summed E-state index contributed by atoms with van der Waals surface area (Å²) in [5, 5.41) is 0. The first-order valence-electron chi connectivity index (χ1n) is 3.30. The van der Waals surface area contributed by atoms with E-state index in [9.17, 15) is 0 Å². The van der Waals surface area contributed by atoms with Crippen molar-refractivity contribution in [2.75, 3.05) is 14.2 Å². The lowest BCUT2D eigenvalue weighted by Gasteiger charge is -1.99. The van der Waals surface area contributed by atoms with E-state index in [0.29, 0.717) is 5.92 Å². The molecule has 0 spiro atoms. The first kappa shape index (κ1) is 6.59. The summed E-state index contributed by atoms with van der Waals surface area (Å²) in [6.07, 6.45) is 1.25. The Kier molecular flexibility index (Phi) is 1.74. The fourth-order valence-corrected chi connectivity index (χ4v) is 1.07. The largest absolute Gasteiger partial charge is 0.484 e. The molecular weight excluding hydrogens is 114 g/mol. The smallest absolute Gasteiger partial charge is 0.186 e. The maximum Gasteiger partial charge on any atom is 0.186 e. The summed E-state index contributed by atoms with van der Waals surface area (Å²) in [5.41, 5.74) is 0. The fraction of sp³-hybridized carbons (Fsp3) is 0.857. The number of methoxy groups -OCH3 is 1. The Bertz CT molecular complexity index is 131. The summed E-state index contributed by atoms with van der Waals surface area (Å²) < 4.78 is 5.04. The molecule has 0 aromatic rings. The lowest BCUT2D eigenvalue weighted by atomic mass is 10.3. The number of ether oxygens (including phenoxy) is 1. The number of nitrogens with zero attached hydrogens (tertiary/aromatic N) is 1. The normalized spacial score (nSPS) is 34.3. The van der Waals surface area contributed by atoms with Gasteiger partial charge < -0.3 is 4.74 Å². The van der Waals surface area contributed by atoms with Crippen molar-refractivity contribution in [3.63, 3.8) is 0 Å². The Morgan fingerprint density at radius 1 is 1.67 bits per heavy atom. The van der Waals surface area contributed by atoms with Gasteiger partial charge in [-0.3, -0.25) is 4.99 Å². The molecule has 0 aromatic carbocycles. The molecule has 1 fully saturated rings. The number of hydrogen-bond acceptors (Lipinski definition) is 2. The van der Waals surface area contributed by atoms with Crippen molar-refractivity contribution in [2.24, 2.45) is 16.8 Å². The van der Waals surface area contributed by atoms with Gasteiger partial charge in [-0.2, -0.15) is 0 Å². The van der Waals surface area contributed by atoms with E-state index in [2.05, 4.69) is 11.9 Å². The van der Waals surface area contributed by atoms with Crippen LogP contribution >= 0.6 is 0 Å². The summed E-state index contributed by atoms with van der Waals surface area (Å²) in [6.45, 7) is 2.22. The number of hydrogen-bond donors (Lipinski definition) is 0. The third-order valence-corrected chi connectivity index (χ3v) is 1.86. The van der Waals surface area contributed by atoms with E-state index in [0.717, 1.165) is 11.8 Å². The van der Waals surface area contributed by atoms with Crippen LogP contribution in [0.4, 0.5) is 0 Å². The molecule has 52 valence electrons. The van der Waals surface area contributed by atoms with Crippen LogP contribution in [0.3, 0.4) is 0 Å². The van der Waals surface area contributed by atoms with E-state index in [1.165, 1.54) is 6.42 Å². The van der Waals surface area contributed by atoms with Crippen LogP contribution in [0.15, 0.2) is 4.99 Å². The molecule has 0 amide bonds. The van der Waals surface area contributed by atoms with E-state index in [1.54, 1.807) is 14.2 Å². The maximum atomic E-state index is 5.04. The van der Waals surface area contributed by atoms with Crippen LogP contribution in [-0.4, -0.2) is 20.1 Å². The van der Waals surface area contributed by atoms with Crippen molar-refractivity contribution in [1.29, 1.82) is 0 Å². The minimum atomic E-state index is 0.625. The molecular formula is C7H13NO. The fourth-order valence-electron chi connectivity index (χ4n) is 1.07. The van der Waals surface area contributed by atoms with E-state index < -0.39 is 0 Å². The monoisotopic (exact) mass is 127 g/mol. The van der Waals surface area contributed by atoms with Crippen molar-refractivity contribution in [3.8, 4) is 0 Å². The Morgan fingerprint density at radius 3 is 2.33 bits per heavy atom. The van der Waals surface area contributed by atoms with Crippen molar-refractivity contribution < 1.29 is 4.74 Å². The zero-order valence-electron chi connectivity index (χ0n) is 6.22. The summed E-state index contributed by atoms with van der Waals surface area (Å²) >= 11 is 0. The van der Waals surface area contributed by atoms with Crippen LogP contribution in [0, 0.1) is 11.8 Å². The molecule has 2 atom stereocenters. The van der Waals surface area contributed by atoms with Gasteiger partial charge in [0.2, 0.25) is 0 Å². The Hall–Kier alpha value is -0.530. The summed E-state index contributed by atoms with van der Waals surface area (Å²) in [7, 11) is 3.47. The molecule has 1 saturated carbocycles. The van der Waals surface area contributed by atoms with E-state index in [4.69, 9.17) is 4.74 Å². The molecule has 1 unspecified atom stereocenters. The van der Waals surface area contributed by atoms with E-state index in [-0.39, 0.29) is 0 Å². The zero-order chi connectivity index (χ0) is 6.85. The van der Waals surface area contributed by atoms with Gasteiger partial charge in [0.1, 0.15) is 0 Å². The third kappa shape index (κ3) is 1.23. The first-order valence-corrected chi connectivity index (χ1v) is 3.30. The topological polar surface area (TPSA) is 21.6 Å². The molecule has 1 rings (SSSR count). The van der Waals surface area contributed by atoms with Gasteiger partial charge in [-0.25, -0.2) is 0 Å². The van der Waals surface area contributed by atoms with Gasteiger partial charge in [0, 0.05) is 13.0 Å². The molecule has 9 heavy (non-hydrogen) atoms. The molecule has 1 aliphatic rings. The van der Waals surface area contributed by atoms with Gasteiger partial charge in [-0.1, -0.05) is 6.92 Å². The second-order valence-electron chi connectivity index (χ2n) is 2.59. The average molecular weight is 127 g/mol. The van der Waals surface area contributed by atoms with Crippen LogP contribution in [0.5, 0.6) is 0 Å². The van der Waals surface area contributed by atoms with Crippen molar-refractivity contribution in [2.45, 2.75) is 13.3 Å². The Morgan fingerprint density at radius 2 is 2.22 bits per heavy atom. The number of rotatable bonds is 1. The van der Waals surface area contributed by atoms with Gasteiger partial charge >= 0.3 is 0 Å². The predicted molar refractivity (Wildman–Crippen MR) is 37.6 cm³/mol. The quantitative estimate of drug-likeness (QED) is 0.384. The lowest BCUT2D eigenvalue weighted by molar-refractivity contribution is 0.383. The van der Waals surface area contributed by atoms with Gasteiger partial charge in [0.05, 0.1) is 7.11 Å². The molecule has 0 aromatic heterocycles. The minimum absolute atomic E-state index is 0.625. The van der Waals surface area contributed by atoms with E-state index >= 15 is 0 Å². The highest BCUT2D eigenvalue weighted by Crippen LogP contribution is 2.38.